The highest BCUT2D eigenvalue weighted by Crippen LogP contribution is 2.23. The Morgan fingerprint density at radius 1 is 1.10 bits per heavy atom. The summed E-state index contributed by atoms with van der Waals surface area (Å²) in [5.74, 6) is -0.822. The van der Waals surface area contributed by atoms with Crippen LogP contribution in [-0.2, 0) is 4.79 Å². The zero-order valence-electron chi connectivity index (χ0n) is 13.3. The van der Waals surface area contributed by atoms with Crippen molar-refractivity contribution in [1.82, 2.24) is 14.7 Å². The maximum atomic E-state index is 12.6. The fraction of sp³-hybridized carbons (Fsp3) is 0.867. The second-order valence-corrected chi connectivity index (χ2v) is 7.01. The third kappa shape index (κ3) is 3.87. The van der Waals surface area contributed by atoms with Crippen LogP contribution in [0.1, 0.15) is 40.0 Å². The maximum Gasteiger partial charge on any atom is 0.320 e. The number of carbonyl (C=O) groups is 2. The van der Waals surface area contributed by atoms with E-state index in [-0.39, 0.29) is 24.0 Å². The Hall–Kier alpha value is -1.30. The number of hydrogen-bond donors (Lipinski definition) is 1. The van der Waals surface area contributed by atoms with Crippen molar-refractivity contribution in [1.29, 1.82) is 0 Å². The van der Waals surface area contributed by atoms with Crippen LogP contribution in [0.5, 0.6) is 0 Å². The molecular formula is C15H27N3O3. The summed E-state index contributed by atoms with van der Waals surface area (Å²) < 4.78 is 0. The van der Waals surface area contributed by atoms with Gasteiger partial charge in [-0.05, 0) is 33.6 Å². The summed E-state index contributed by atoms with van der Waals surface area (Å²) in [4.78, 5) is 29.5. The van der Waals surface area contributed by atoms with E-state index in [0.29, 0.717) is 6.54 Å². The lowest BCUT2D eigenvalue weighted by atomic mass is 10.1. The van der Waals surface area contributed by atoms with Crippen LogP contribution in [0, 0.1) is 0 Å². The summed E-state index contributed by atoms with van der Waals surface area (Å²) in [7, 11) is 0. The van der Waals surface area contributed by atoms with Crippen molar-refractivity contribution in [2.24, 2.45) is 0 Å². The quantitative estimate of drug-likeness (QED) is 0.838. The number of carboxylic acids is 1. The van der Waals surface area contributed by atoms with E-state index < -0.39 is 5.97 Å². The van der Waals surface area contributed by atoms with Crippen LogP contribution < -0.4 is 0 Å². The summed E-state index contributed by atoms with van der Waals surface area (Å²) in [6.07, 6.45) is 1.78. The van der Waals surface area contributed by atoms with Crippen molar-refractivity contribution in [3.05, 3.63) is 0 Å². The van der Waals surface area contributed by atoms with Crippen LogP contribution in [0.4, 0.5) is 4.79 Å². The Bertz CT molecular complexity index is 397. The molecule has 21 heavy (non-hydrogen) atoms. The van der Waals surface area contributed by atoms with E-state index in [2.05, 4.69) is 25.7 Å². The number of rotatable bonds is 2. The van der Waals surface area contributed by atoms with Crippen molar-refractivity contribution in [3.8, 4) is 0 Å². The van der Waals surface area contributed by atoms with E-state index in [1.807, 2.05) is 4.90 Å². The molecule has 2 amide bonds. The number of carboxylic acid groups (broad SMARTS) is 1. The molecule has 2 fully saturated rings. The smallest absolute Gasteiger partial charge is 0.320 e. The lowest BCUT2D eigenvalue weighted by molar-refractivity contribution is -0.138. The molecule has 1 atom stereocenters. The number of likely N-dealkylation sites (tertiary alicyclic amines) is 1. The number of urea groups is 1. The van der Waals surface area contributed by atoms with Gasteiger partial charge in [0, 0.05) is 44.3 Å². The number of amides is 2. The van der Waals surface area contributed by atoms with Crippen molar-refractivity contribution >= 4 is 12.0 Å². The van der Waals surface area contributed by atoms with E-state index >= 15 is 0 Å². The average molecular weight is 297 g/mol. The summed E-state index contributed by atoms with van der Waals surface area (Å²) in [6, 6.07) is -0.108. The van der Waals surface area contributed by atoms with Crippen LogP contribution >= 0.6 is 0 Å². The molecular weight excluding hydrogens is 270 g/mol. The van der Waals surface area contributed by atoms with E-state index in [0.717, 1.165) is 39.0 Å². The molecule has 0 bridgehead atoms. The first-order chi connectivity index (χ1) is 9.79. The van der Waals surface area contributed by atoms with Gasteiger partial charge in [-0.1, -0.05) is 0 Å². The summed E-state index contributed by atoms with van der Waals surface area (Å²) >= 11 is 0. The van der Waals surface area contributed by atoms with Gasteiger partial charge in [0.05, 0.1) is 6.42 Å². The minimum absolute atomic E-state index is 0.0207. The van der Waals surface area contributed by atoms with Gasteiger partial charge in [0.2, 0.25) is 0 Å². The molecule has 120 valence electrons. The Labute approximate surface area is 126 Å². The molecule has 2 heterocycles. The number of hydrogen-bond acceptors (Lipinski definition) is 3. The Balaban J connectivity index is 1.91. The highest BCUT2D eigenvalue weighted by Gasteiger charge is 2.35. The minimum Gasteiger partial charge on any atom is -0.481 e. The molecule has 2 rings (SSSR count). The monoisotopic (exact) mass is 297 g/mol. The molecule has 0 aliphatic carbocycles. The molecule has 0 radical (unpaired) electrons. The molecule has 2 aliphatic rings. The van der Waals surface area contributed by atoms with Gasteiger partial charge in [-0.3, -0.25) is 9.69 Å². The summed E-state index contributed by atoms with van der Waals surface area (Å²) in [5.41, 5.74) is 0.134. The van der Waals surface area contributed by atoms with Crippen molar-refractivity contribution in [2.75, 3.05) is 32.7 Å². The largest absolute Gasteiger partial charge is 0.481 e. The Kier molecular flexibility index (Phi) is 4.76. The molecule has 6 nitrogen and oxygen atoms in total. The van der Waals surface area contributed by atoms with E-state index in [4.69, 9.17) is 5.11 Å². The molecule has 6 heteroatoms. The van der Waals surface area contributed by atoms with Gasteiger partial charge in [0.1, 0.15) is 0 Å². The van der Waals surface area contributed by atoms with Crippen LogP contribution in [0.15, 0.2) is 0 Å². The first kappa shape index (κ1) is 16.1. The van der Waals surface area contributed by atoms with Crippen molar-refractivity contribution < 1.29 is 14.7 Å². The SMILES string of the molecule is CC(C)(C)N1CCN(C(=O)N2CCCC2CC(=O)O)CC1. The number of nitrogens with zero attached hydrogens (tertiary/aromatic N) is 3. The van der Waals surface area contributed by atoms with Gasteiger partial charge in [-0.2, -0.15) is 0 Å². The second-order valence-electron chi connectivity index (χ2n) is 7.01. The van der Waals surface area contributed by atoms with Gasteiger partial charge < -0.3 is 14.9 Å². The zero-order chi connectivity index (χ0) is 15.6. The van der Waals surface area contributed by atoms with Crippen molar-refractivity contribution in [3.63, 3.8) is 0 Å². The van der Waals surface area contributed by atoms with E-state index in [9.17, 15) is 9.59 Å². The number of aliphatic carboxylic acids is 1. The van der Waals surface area contributed by atoms with Gasteiger partial charge in [-0.15, -0.1) is 0 Å². The molecule has 0 spiro atoms. The van der Waals surface area contributed by atoms with Gasteiger partial charge in [0.25, 0.3) is 0 Å². The van der Waals surface area contributed by atoms with Gasteiger partial charge in [0.15, 0.2) is 0 Å². The molecule has 0 aromatic heterocycles. The molecule has 2 saturated heterocycles. The first-order valence-electron chi connectivity index (χ1n) is 7.81. The van der Waals surface area contributed by atoms with Crippen LogP contribution in [-0.4, -0.2) is 76.1 Å². The predicted molar refractivity (Wildman–Crippen MR) is 80.3 cm³/mol. The van der Waals surface area contributed by atoms with E-state index in [1.165, 1.54) is 0 Å². The molecule has 1 N–H and O–H groups in total. The van der Waals surface area contributed by atoms with Crippen LogP contribution in [0.25, 0.3) is 0 Å². The fourth-order valence-corrected chi connectivity index (χ4v) is 3.25. The van der Waals surface area contributed by atoms with Gasteiger partial charge >= 0.3 is 12.0 Å². The number of carbonyl (C=O) groups excluding carboxylic acids is 1. The lowest BCUT2D eigenvalue weighted by Gasteiger charge is -2.43. The fourth-order valence-electron chi connectivity index (χ4n) is 3.25. The lowest BCUT2D eigenvalue weighted by Crippen LogP contribution is -2.57. The molecule has 0 saturated carbocycles. The van der Waals surface area contributed by atoms with Crippen LogP contribution in [0.2, 0.25) is 0 Å². The summed E-state index contributed by atoms with van der Waals surface area (Å²) in [5, 5.41) is 8.95. The minimum atomic E-state index is -0.822. The zero-order valence-corrected chi connectivity index (χ0v) is 13.3. The Morgan fingerprint density at radius 2 is 1.71 bits per heavy atom. The summed E-state index contributed by atoms with van der Waals surface area (Å²) in [6.45, 7) is 10.5. The third-order valence-electron chi connectivity index (χ3n) is 4.53. The normalized spacial score (nSPS) is 24.4. The third-order valence-corrected chi connectivity index (χ3v) is 4.53. The maximum absolute atomic E-state index is 12.6. The van der Waals surface area contributed by atoms with E-state index in [1.54, 1.807) is 4.90 Å². The van der Waals surface area contributed by atoms with Crippen molar-refractivity contribution in [2.45, 2.75) is 51.6 Å². The molecule has 0 aromatic rings. The van der Waals surface area contributed by atoms with Crippen LogP contribution in [0.3, 0.4) is 0 Å². The topological polar surface area (TPSA) is 64.1 Å². The highest BCUT2D eigenvalue weighted by atomic mass is 16.4. The predicted octanol–water partition coefficient (Wildman–Crippen LogP) is 1.46. The Morgan fingerprint density at radius 3 is 2.24 bits per heavy atom. The molecule has 1 unspecified atom stereocenters. The molecule has 2 aliphatic heterocycles. The number of piperazine rings is 1. The second kappa shape index (κ2) is 6.22. The molecule has 0 aromatic carbocycles. The van der Waals surface area contributed by atoms with Gasteiger partial charge in [-0.25, -0.2) is 4.79 Å². The first-order valence-corrected chi connectivity index (χ1v) is 7.81. The average Bonchev–Trinajstić information content (AvgIpc) is 2.84. The standard InChI is InChI=1S/C15H27N3O3/c1-15(2,3)17-9-7-16(8-10-17)14(21)18-6-4-5-12(18)11-13(19)20/h12H,4-11H2,1-3H3,(H,19,20). The highest BCUT2D eigenvalue weighted by molar-refractivity contribution is 5.76.